The summed E-state index contributed by atoms with van der Waals surface area (Å²) in [6.45, 7) is 4.49. The molecule has 0 spiro atoms. The number of nitrogens with zero attached hydrogens (tertiary/aromatic N) is 1. The Morgan fingerprint density at radius 2 is 1.06 bits per heavy atom. The van der Waals surface area contributed by atoms with Crippen LogP contribution in [0.5, 0.6) is 0 Å². The van der Waals surface area contributed by atoms with Crippen molar-refractivity contribution in [2.75, 3.05) is 41.0 Å². The van der Waals surface area contributed by atoms with E-state index < -0.39 is 18.1 Å². The van der Waals surface area contributed by atoms with Gasteiger partial charge in [0.05, 0.1) is 40.3 Å². The van der Waals surface area contributed by atoms with Gasteiger partial charge in [0.1, 0.15) is 12.6 Å². The van der Waals surface area contributed by atoms with Crippen LogP contribution in [0.3, 0.4) is 0 Å². The van der Waals surface area contributed by atoms with E-state index >= 15 is 0 Å². The molecule has 0 aromatic rings. The van der Waals surface area contributed by atoms with Crippen molar-refractivity contribution in [1.82, 2.24) is 0 Å². The molecule has 0 amide bonds. The summed E-state index contributed by atoms with van der Waals surface area (Å²) in [5, 5.41) is 11.6. The van der Waals surface area contributed by atoms with Crippen LogP contribution in [0.25, 0.3) is 0 Å². The Hall–Kier alpha value is -2.45. The zero-order valence-corrected chi connectivity index (χ0v) is 34.9. The highest BCUT2D eigenvalue weighted by Crippen LogP contribution is 2.14. The molecule has 0 aromatic heterocycles. The van der Waals surface area contributed by atoms with Crippen LogP contribution in [0.15, 0.2) is 36.5 Å². The van der Waals surface area contributed by atoms with Gasteiger partial charge in [-0.25, -0.2) is 0 Å². The standard InChI is InChI=1S/C45H81NO7/c1-6-8-10-12-14-16-17-18-19-20-21-22-23-24-25-26-28-30-32-34-36-44(48)53-41(39-51-38-37-42(45(49)50)46(3,4)5)40-52-43(47)35-33-31-29-27-15-13-11-9-7-2/h9,11,15,21-22,27,41-42H,6-8,10,12-14,16-20,23-26,28-40H2,1-5H3/b11-9+,22-21+,27-15+. The van der Waals surface area contributed by atoms with E-state index in [0.717, 1.165) is 51.4 Å². The zero-order valence-electron chi connectivity index (χ0n) is 34.9. The fourth-order valence-electron chi connectivity index (χ4n) is 6.16. The lowest BCUT2D eigenvalue weighted by atomic mass is 10.1. The molecule has 2 atom stereocenters. The Labute approximate surface area is 325 Å². The van der Waals surface area contributed by atoms with Gasteiger partial charge in [0.25, 0.3) is 0 Å². The number of esters is 2. The van der Waals surface area contributed by atoms with Crippen LogP contribution < -0.4 is 5.11 Å². The Bertz CT molecular complexity index is 968. The maximum absolute atomic E-state index is 12.7. The quantitative estimate of drug-likeness (QED) is 0.0268. The fourth-order valence-corrected chi connectivity index (χ4v) is 6.16. The van der Waals surface area contributed by atoms with E-state index in [4.69, 9.17) is 14.2 Å². The van der Waals surface area contributed by atoms with Crippen LogP contribution >= 0.6 is 0 Å². The normalized spacial score (nSPS) is 13.3. The predicted molar refractivity (Wildman–Crippen MR) is 217 cm³/mol. The minimum absolute atomic E-state index is 0.0294. The second kappa shape index (κ2) is 36.5. The Kier molecular flexibility index (Phi) is 34.8. The molecule has 0 heterocycles. The fraction of sp³-hybridized carbons (Fsp3) is 0.800. The first-order valence-corrected chi connectivity index (χ1v) is 21.5. The molecular formula is C45H81NO7. The molecule has 2 unspecified atom stereocenters. The third kappa shape index (κ3) is 35.0. The van der Waals surface area contributed by atoms with Crippen molar-refractivity contribution in [3.8, 4) is 0 Å². The summed E-state index contributed by atoms with van der Waals surface area (Å²) in [4.78, 5) is 36.7. The average molecular weight is 748 g/mol. The van der Waals surface area contributed by atoms with Gasteiger partial charge in [-0.05, 0) is 64.2 Å². The molecule has 0 N–H and O–H groups in total. The van der Waals surface area contributed by atoms with Gasteiger partial charge in [-0.1, -0.05) is 134 Å². The lowest BCUT2D eigenvalue weighted by molar-refractivity contribution is -0.889. The van der Waals surface area contributed by atoms with Gasteiger partial charge < -0.3 is 28.6 Å². The number of hydrogen-bond acceptors (Lipinski definition) is 7. The van der Waals surface area contributed by atoms with Crippen molar-refractivity contribution in [3.05, 3.63) is 36.5 Å². The van der Waals surface area contributed by atoms with Gasteiger partial charge in [-0.2, -0.15) is 0 Å². The molecule has 8 nitrogen and oxygen atoms in total. The number of carboxylic acids is 1. The third-order valence-corrected chi connectivity index (χ3v) is 9.51. The summed E-state index contributed by atoms with van der Waals surface area (Å²) < 4.78 is 17.1. The highest BCUT2D eigenvalue weighted by Gasteiger charge is 2.25. The molecule has 0 fully saturated rings. The molecule has 0 aliphatic heterocycles. The minimum Gasteiger partial charge on any atom is -0.544 e. The molecule has 53 heavy (non-hydrogen) atoms. The molecule has 0 radical (unpaired) electrons. The van der Waals surface area contributed by atoms with E-state index in [0.29, 0.717) is 12.8 Å². The molecule has 0 rings (SSSR count). The van der Waals surface area contributed by atoms with E-state index in [2.05, 4.69) is 50.3 Å². The molecular weight excluding hydrogens is 666 g/mol. The molecule has 308 valence electrons. The molecule has 0 aromatic carbocycles. The summed E-state index contributed by atoms with van der Waals surface area (Å²) in [6.07, 6.45) is 40.5. The molecule has 0 aliphatic rings. The number of aliphatic carboxylic acids is 1. The first-order valence-electron chi connectivity index (χ1n) is 21.5. The van der Waals surface area contributed by atoms with Crippen LogP contribution in [0, 0.1) is 0 Å². The van der Waals surface area contributed by atoms with Crippen molar-refractivity contribution in [2.45, 2.75) is 193 Å². The van der Waals surface area contributed by atoms with E-state index in [9.17, 15) is 19.5 Å². The van der Waals surface area contributed by atoms with Gasteiger partial charge in [0, 0.05) is 19.3 Å². The maximum Gasteiger partial charge on any atom is 0.306 e. The van der Waals surface area contributed by atoms with Gasteiger partial charge in [0.2, 0.25) is 0 Å². The SMILES string of the molecule is CC/C=C/C/C=C/CCCCC(=O)OCC(COCCC(C(=O)[O-])[N+](C)(C)C)OC(=O)CCCCCCCCC/C=C/CCCCCCCCCCC. The van der Waals surface area contributed by atoms with Gasteiger partial charge >= 0.3 is 11.9 Å². The second-order valence-electron chi connectivity index (χ2n) is 15.5. The first-order chi connectivity index (χ1) is 25.6. The topological polar surface area (TPSA) is 102 Å². The van der Waals surface area contributed by atoms with E-state index in [1.165, 1.54) is 96.3 Å². The maximum atomic E-state index is 12.7. The van der Waals surface area contributed by atoms with Gasteiger partial charge in [-0.15, -0.1) is 0 Å². The monoisotopic (exact) mass is 748 g/mol. The largest absolute Gasteiger partial charge is 0.544 e. The van der Waals surface area contributed by atoms with Crippen molar-refractivity contribution in [3.63, 3.8) is 0 Å². The Morgan fingerprint density at radius 3 is 1.60 bits per heavy atom. The van der Waals surface area contributed by atoms with E-state index in [1.54, 1.807) is 21.1 Å². The zero-order chi connectivity index (χ0) is 39.3. The average Bonchev–Trinajstić information content (AvgIpc) is 3.11. The highest BCUT2D eigenvalue weighted by molar-refractivity contribution is 5.70. The van der Waals surface area contributed by atoms with Crippen molar-refractivity contribution in [2.24, 2.45) is 0 Å². The first kappa shape index (κ1) is 50.5. The number of carboxylic acid groups (broad SMARTS) is 1. The number of rotatable bonds is 38. The molecule has 0 saturated heterocycles. The van der Waals surface area contributed by atoms with Crippen LogP contribution in [0.2, 0.25) is 0 Å². The number of allylic oxidation sites excluding steroid dienone is 6. The van der Waals surface area contributed by atoms with E-state index in [-0.39, 0.29) is 42.7 Å². The van der Waals surface area contributed by atoms with Crippen LogP contribution in [-0.2, 0) is 28.6 Å². The summed E-state index contributed by atoms with van der Waals surface area (Å²) >= 11 is 0. The second-order valence-corrected chi connectivity index (χ2v) is 15.5. The van der Waals surface area contributed by atoms with Gasteiger partial charge in [-0.3, -0.25) is 9.59 Å². The Balaban J connectivity index is 4.28. The summed E-state index contributed by atoms with van der Waals surface area (Å²) in [5.41, 5.74) is 0. The number of unbranched alkanes of at least 4 members (excludes halogenated alkanes) is 18. The third-order valence-electron chi connectivity index (χ3n) is 9.51. The lowest BCUT2D eigenvalue weighted by Crippen LogP contribution is -2.55. The number of quaternary nitrogens is 1. The van der Waals surface area contributed by atoms with Crippen LogP contribution in [0.1, 0.15) is 181 Å². The number of carbonyl (C=O) groups is 3. The molecule has 0 bridgehead atoms. The number of ether oxygens (including phenoxy) is 3. The van der Waals surface area contributed by atoms with Crippen molar-refractivity contribution >= 4 is 17.9 Å². The van der Waals surface area contributed by atoms with Crippen molar-refractivity contribution < 1.29 is 38.2 Å². The predicted octanol–water partition coefficient (Wildman–Crippen LogP) is 10.1. The number of likely N-dealkylation sites (N-methyl/N-ethyl adjacent to an activating group) is 1. The highest BCUT2D eigenvalue weighted by atomic mass is 16.6. The number of carbonyl (C=O) groups excluding carboxylic acids is 3. The van der Waals surface area contributed by atoms with Gasteiger partial charge in [0.15, 0.2) is 6.10 Å². The summed E-state index contributed by atoms with van der Waals surface area (Å²) in [7, 11) is 5.39. The lowest BCUT2D eigenvalue weighted by Gasteiger charge is -2.34. The van der Waals surface area contributed by atoms with Crippen LogP contribution in [-0.4, -0.2) is 75.5 Å². The summed E-state index contributed by atoms with van der Waals surface area (Å²) in [5.74, 6) is -1.79. The minimum atomic E-state index is -1.13. The molecule has 0 saturated carbocycles. The Morgan fingerprint density at radius 1 is 0.585 bits per heavy atom. The summed E-state index contributed by atoms with van der Waals surface area (Å²) in [6, 6.07) is -0.729. The van der Waals surface area contributed by atoms with Crippen LogP contribution in [0.4, 0.5) is 0 Å². The molecule has 8 heteroatoms. The van der Waals surface area contributed by atoms with E-state index in [1.807, 2.05) is 0 Å². The molecule has 0 aliphatic carbocycles. The van der Waals surface area contributed by atoms with Crippen molar-refractivity contribution in [1.29, 1.82) is 0 Å². The smallest absolute Gasteiger partial charge is 0.306 e. The number of hydrogen-bond donors (Lipinski definition) is 0.